The molecule has 2 aromatic heterocycles. The first-order valence-corrected chi connectivity index (χ1v) is 13.4. The maximum Gasteiger partial charge on any atom is 0.234 e. The monoisotopic (exact) mass is 548 g/mol. The number of halogens is 1. The lowest BCUT2D eigenvalue weighted by Gasteiger charge is -2.24. The van der Waals surface area contributed by atoms with Gasteiger partial charge in [-0.1, -0.05) is 47.6 Å². The number of para-hydroxylation sites is 2. The normalized spacial score (nSPS) is 11.8. The fourth-order valence-corrected chi connectivity index (χ4v) is 5.19. The lowest BCUT2D eigenvalue weighted by molar-refractivity contribution is -0.113. The summed E-state index contributed by atoms with van der Waals surface area (Å²) < 4.78 is 11.9. The number of carbonyl (C=O) groups is 1. The number of hydrogen-bond donors (Lipinski definition) is 2. The smallest absolute Gasteiger partial charge is 0.234 e. The van der Waals surface area contributed by atoms with Gasteiger partial charge in [0.1, 0.15) is 10.8 Å². The Bertz CT molecular complexity index is 1510. The summed E-state index contributed by atoms with van der Waals surface area (Å²) in [5.41, 5.74) is 4.20. The fraction of sp³-hybridized carbons (Fsp3) is 0.214. The SMILES string of the molecule is CCOc1ccccc1NC(=O)CSc1nc(-c2ccccc2Cl)nc2c1Cc1c(CO)cnc(C)c1O2. The number of pyridine rings is 1. The molecular formula is C28H25ClN4O4S. The van der Waals surface area contributed by atoms with Crippen LogP contribution in [0.4, 0.5) is 5.69 Å². The van der Waals surface area contributed by atoms with E-state index in [1.54, 1.807) is 18.3 Å². The van der Waals surface area contributed by atoms with E-state index in [1.807, 2.05) is 50.2 Å². The van der Waals surface area contributed by atoms with Gasteiger partial charge >= 0.3 is 0 Å². The molecule has 38 heavy (non-hydrogen) atoms. The third-order valence-electron chi connectivity index (χ3n) is 5.97. The number of nitrogens with zero attached hydrogens (tertiary/aromatic N) is 3. The van der Waals surface area contributed by atoms with Gasteiger partial charge in [0.25, 0.3) is 0 Å². The molecule has 0 aliphatic carbocycles. The first-order chi connectivity index (χ1) is 18.5. The zero-order chi connectivity index (χ0) is 26.6. The molecule has 0 atom stereocenters. The first kappa shape index (κ1) is 26.0. The van der Waals surface area contributed by atoms with Crippen LogP contribution in [0.15, 0.2) is 59.8 Å². The van der Waals surface area contributed by atoms with Gasteiger partial charge < -0.3 is 19.9 Å². The summed E-state index contributed by atoms with van der Waals surface area (Å²) in [6.07, 6.45) is 2.08. The van der Waals surface area contributed by atoms with E-state index in [4.69, 9.17) is 26.1 Å². The third kappa shape index (κ3) is 5.31. The van der Waals surface area contributed by atoms with E-state index < -0.39 is 0 Å². The highest BCUT2D eigenvalue weighted by atomic mass is 35.5. The predicted octanol–water partition coefficient (Wildman–Crippen LogP) is 5.82. The minimum absolute atomic E-state index is 0.0982. The molecule has 10 heteroatoms. The largest absolute Gasteiger partial charge is 0.492 e. The second-order valence-electron chi connectivity index (χ2n) is 8.50. The Kier molecular flexibility index (Phi) is 7.78. The molecule has 8 nitrogen and oxygen atoms in total. The molecule has 0 saturated heterocycles. The Labute approximate surface area is 229 Å². The molecule has 4 aromatic rings. The Morgan fingerprint density at radius 1 is 1.16 bits per heavy atom. The third-order valence-corrected chi connectivity index (χ3v) is 7.32. The van der Waals surface area contributed by atoms with Crippen molar-refractivity contribution in [2.45, 2.75) is 31.9 Å². The molecule has 2 N–H and O–H groups in total. The summed E-state index contributed by atoms with van der Waals surface area (Å²) in [5.74, 6) is 1.86. The fourth-order valence-electron chi connectivity index (χ4n) is 4.15. The second-order valence-corrected chi connectivity index (χ2v) is 9.87. The van der Waals surface area contributed by atoms with E-state index in [0.29, 0.717) is 68.8 Å². The molecule has 0 saturated carbocycles. The molecule has 2 aromatic carbocycles. The molecule has 0 radical (unpaired) electrons. The number of carbonyl (C=O) groups excluding carboxylic acids is 1. The van der Waals surface area contributed by atoms with Crippen LogP contribution in [0.3, 0.4) is 0 Å². The van der Waals surface area contributed by atoms with Crippen LogP contribution in [0.2, 0.25) is 5.02 Å². The van der Waals surface area contributed by atoms with Crippen molar-refractivity contribution in [3.63, 3.8) is 0 Å². The number of rotatable bonds is 8. The van der Waals surface area contributed by atoms with Crippen molar-refractivity contribution in [1.82, 2.24) is 15.0 Å². The Hall–Kier alpha value is -3.66. The van der Waals surface area contributed by atoms with Crippen LogP contribution >= 0.6 is 23.4 Å². The van der Waals surface area contributed by atoms with Crippen LogP contribution in [0.5, 0.6) is 17.4 Å². The lowest BCUT2D eigenvalue weighted by atomic mass is 9.99. The van der Waals surface area contributed by atoms with Crippen LogP contribution < -0.4 is 14.8 Å². The van der Waals surface area contributed by atoms with Crippen molar-refractivity contribution in [2.24, 2.45) is 0 Å². The van der Waals surface area contributed by atoms with Crippen LogP contribution in [0.1, 0.15) is 29.3 Å². The van der Waals surface area contributed by atoms with Crippen LogP contribution in [0, 0.1) is 6.92 Å². The number of hydrogen-bond acceptors (Lipinski definition) is 8. The Morgan fingerprint density at radius 2 is 1.95 bits per heavy atom. The van der Waals surface area contributed by atoms with Crippen molar-refractivity contribution < 1.29 is 19.4 Å². The van der Waals surface area contributed by atoms with Crippen molar-refractivity contribution in [2.75, 3.05) is 17.7 Å². The van der Waals surface area contributed by atoms with Crippen molar-refractivity contribution >= 4 is 35.0 Å². The average molecular weight is 549 g/mol. The zero-order valence-corrected chi connectivity index (χ0v) is 22.4. The van der Waals surface area contributed by atoms with E-state index in [1.165, 1.54) is 11.8 Å². The standard InChI is InChI=1S/C28H25ClN4O4S/c1-3-36-23-11-7-6-10-22(23)31-24(35)15-38-28-20-12-19-17(14-34)13-30-16(2)25(19)37-27(20)32-26(33-28)18-8-4-5-9-21(18)29/h4-11,13,34H,3,12,14-15H2,1-2H3,(H,31,35). The molecular weight excluding hydrogens is 524 g/mol. The molecule has 0 fully saturated rings. The highest BCUT2D eigenvalue weighted by molar-refractivity contribution is 8.00. The lowest BCUT2D eigenvalue weighted by Crippen LogP contribution is -2.16. The summed E-state index contributed by atoms with van der Waals surface area (Å²) in [6.45, 7) is 4.06. The van der Waals surface area contributed by atoms with Gasteiger partial charge in [-0.2, -0.15) is 4.98 Å². The van der Waals surface area contributed by atoms with Crippen LogP contribution in [-0.2, 0) is 17.8 Å². The summed E-state index contributed by atoms with van der Waals surface area (Å²) in [7, 11) is 0. The number of aromatic nitrogens is 3. The number of fused-ring (bicyclic) bond motifs is 2. The Morgan fingerprint density at radius 3 is 2.74 bits per heavy atom. The zero-order valence-electron chi connectivity index (χ0n) is 20.8. The maximum absolute atomic E-state index is 12.9. The number of aliphatic hydroxyl groups excluding tert-OH is 1. The van der Waals surface area contributed by atoms with Gasteiger partial charge in [-0.25, -0.2) is 4.98 Å². The van der Waals surface area contributed by atoms with Crippen LogP contribution in [-0.4, -0.2) is 38.3 Å². The van der Waals surface area contributed by atoms with Crippen molar-refractivity contribution in [3.8, 4) is 28.8 Å². The molecule has 1 aliphatic heterocycles. The highest BCUT2D eigenvalue weighted by Gasteiger charge is 2.28. The molecule has 5 rings (SSSR count). The van der Waals surface area contributed by atoms with Crippen molar-refractivity contribution in [1.29, 1.82) is 0 Å². The number of aryl methyl sites for hydroxylation is 1. The second kappa shape index (κ2) is 11.4. The van der Waals surface area contributed by atoms with E-state index in [0.717, 1.165) is 11.1 Å². The van der Waals surface area contributed by atoms with E-state index in [-0.39, 0.29) is 18.3 Å². The molecule has 3 heterocycles. The highest BCUT2D eigenvalue weighted by Crippen LogP contribution is 2.43. The molecule has 0 unspecified atom stereocenters. The first-order valence-electron chi connectivity index (χ1n) is 12.0. The van der Waals surface area contributed by atoms with Gasteiger partial charge in [0.2, 0.25) is 11.8 Å². The number of aliphatic hydroxyl groups is 1. The van der Waals surface area contributed by atoms with E-state index in [2.05, 4.69) is 15.3 Å². The predicted molar refractivity (Wildman–Crippen MR) is 147 cm³/mol. The molecule has 194 valence electrons. The van der Waals surface area contributed by atoms with Gasteiger partial charge in [0.15, 0.2) is 11.6 Å². The summed E-state index contributed by atoms with van der Waals surface area (Å²) in [4.78, 5) is 26.8. The summed E-state index contributed by atoms with van der Waals surface area (Å²) in [6, 6.07) is 14.6. The number of anilines is 1. The van der Waals surface area contributed by atoms with Gasteiger partial charge in [0.05, 0.1) is 40.9 Å². The van der Waals surface area contributed by atoms with Gasteiger partial charge in [-0.3, -0.25) is 9.78 Å². The summed E-state index contributed by atoms with van der Waals surface area (Å²) >= 11 is 7.74. The minimum Gasteiger partial charge on any atom is -0.492 e. The van der Waals surface area contributed by atoms with Crippen LogP contribution in [0.25, 0.3) is 11.4 Å². The average Bonchev–Trinajstić information content (AvgIpc) is 2.92. The Balaban J connectivity index is 1.48. The van der Waals surface area contributed by atoms with E-state index >= 15 is 0 Å². The number of amides is 1. The van der Waals surface area contributed by atoms with E-state index in [9.17, 15) is 9.90 Å². The van der Waals surface area contributed by atoms with Crippen molar-refractivity contribution in [3.05, 3.63) is 82.1 Å². The molecule has 1 aliphatic rings. The molecule has 0 spiro atoms. The molecule has 1 amide bonds. The molecule has 0 bridgehead atoms. The quantitative estimate of drug-likeness (QED) is 0.184. The topological polar surface area (TPSA) is 106 Å². The number of nitrogens with one attached hydrogen (secondary N) is 1. The summed E-state index contributed by atoms with van der Waals surface area (Å²) in [5, 5.41) is 13.9. The van der Waals surface area contributed by atoms with Gasteiger partial charge in [-0.05, 0) is 38.1 Å². The number of benzene rings is 2. The number of ether oxygens (including phenoxy) is 2. The minimum atomic E-state index is -0.206. The van der Waals surface area contributed by atoms with Gasteiger partial charge in [-0.15, -0.1) is 0 Å². The number of thioether (sulfide) groups is 1. The maximum atomic E-state index is 12.9. The van der Waals surface area contributed by atoms with Gasteiger partial charge in [0, 0.05) is 29.3 Å².